The fourth-order valence-electron chi connectivity index (χ4n) is 2.39. The smallest absolute Gasteiger partial charge is 0.224 e. The van der Waals surface area contributed by atoms with Gasteiger partial charge in [-0.15, -0.1) is 0 Å². The quantitative estimate of drug-likeness (QED) is 0.536. The van der Waals surface area contributed by atoms with Crippen LogP contribution in [0.5, 0.6) is 0 Å². The zero-order chi connectivity index (χ0) is 19.8. The van der Waals surface area contributed by atoms with Gasteiger partial charge in [-0.05, 0) is 58.1 Å². The van der Waals surface area contributed by atoms with Crippen LogP contribution in [0, 0.1) is 0 Å². The molecule has 0 fully saturated rings. The van der Waals surface area contributed by atoms with Crippen LogP contribution in [0.2, 0.25) is 0 Å². The summed E-state index contributed by atoms with van der Waals surface area (Å²) in [6, 6.07) is 6.77. The van der Waals surface area contributed by atoms with Crippen LogP contribution in [0.1, 0.15) is 38.7 Å². The molecule has 0 aliphatic heterocycles. The van der Waals surface area contributed by atoms with Crippen molar-refractivity contribution < 1.29 is 18.3 Å². The van der Waals surface area contributed by atoms with E-state index in [1.165, 1.54) is 0 Å². The third-order valence-corrected chi connectivity index (χ3v) is 5.44. The Bertz CT molecular complexity index is 670. The van der Waals surface area contributed by atoms with E-state index in [-0.39, 0.29) is 18.2 Å². The number of sulfonamides is 1. The molecule has 1 aromatic rings. The Hall–Kier alpha value is -1.48. The molecule has 0 aliphatic carbocycles. The van der Waals surface area contributed by atoms with Gasteiger partial charge in [0.25, 0.3) is 0 Å². The summed E-state index contributed by atoms with van der Waals surface area (Å²) in [4.78, 5) is 13.9. The molecule has 1 unspecified atom stereocenters. The molecule has 148 valence electrons. The molecule has 26 heavy (non-hydrogen) atoms. The average Bonchev–Trinajstić information content (AvgIpc) is 2.53. The molecule has 0 aromatic heterocycles. The maximum atomic E-state index is 11.9. The van der Waals surface area contributed by atoms with Crippen molar-refractivity contribution in [2.24, 2.45) is 0 Å². The van der Waals surface area contributed by atoms with E-state index >= 15 is 0 Å². The van der Waals surface area contributed by atoms with Crippen molar-refractivity contribution in [1.82, 2.24) is 9.62 Å². The fourth-order valence-corrected chi connectivity index (χ4v) is 3.57. The van der Waals surface area contributed by atoms with E-state index in [9.17, 15) is 18.3 Å². The second-order valence-corrected chi connectivity index (χ2v) is 8.87. The van der Waals surface area contributed by atoms with Gasteiger partial charge in [-0.25, -0.2) is 13.1 Å². The molecule has 1 rings (SSSR count). The van der Waals surface area contributed by atoms with Gasteiger partial charge >= 0.3 is 0 Å². The number of benzene rings is 1. The minimum Gasteiger partial charge on any atom is -0.384 e. The molecule has 1 atom stereocenters. The fraction of sp³-hybridized carbons (Fsp3) is 0.611. The highest BCUT2D eigenvalue weighted by atomic mass is 32.2. The lowest BCUT2D eigenvalue weighted by molar-refractivity contribution is -0.116. The average molecular weight is 386 g/mol. The van der Waals surface area contributed by atoms with Gasteiger partial charge in [-0.2, -0.15) is 0 Å². The van der Waals surface area contributed by atoms with Gasteiger partial charge in [0.1, 0.15) is 5.60 Å². The molecular weight excluding hydrogens is 354 g/mol. The predicted octanol–water partition coefficient (Wildman–Crippen LogP) is 1.50. The van der Waals surface area contributed by atoms with Gasteiger partial charge in [-0.3, -0.25) is 4.79 Å². The van der Waals surface area contributed by atoms with Crippen molar-refractivity contribution in [2.45, 2.75) is 38.7 Å². The molecule has 0 aliphatic rings. The van der Waals surface area contributed by atoms with E-state index in [1.807, 2.05) is 19.0 Å². The van der Waals surface area contributed by atoms with E-state index in [1.54, 1.807) is 38.1 Å². The second kappa shape index (κ2) is 10.0. The number of aliphatic hydroxyl groups is 1. The Balaban J connectivity index is 2.61. The Morgan fingerprint density at radius 2 is 1.85 bits per heavy atom. The minimum atomic E-state index is -3.38. The Labute approximate surface area is 156 Å². The molecule has 0 saturated carbocycles. The third-order valence-electron chi connectivity index (χ3n) is 3.91. The van der Waals surface area contributed by atoms with E-state index in [0.29, 0.717) is 24.1 Å². The summed E-state index contributed by atoms with van der Waals surface area (Å²) >= 11 is 0. The van der Waals surface area contributed by atoms with Crippen LogP contribution in [0.3, 0.4) is 0 Å². The van der Waals surface area contributed by atoms with Crippen molar-refractivity contribution in [2.75, 3.05) is 38.3 Å². The molecule has 1 amide bonds. The first-order chi connectivity index (χ1) is 12.1. The van der Waals surface area contributed by atoms with E-state index in [4.69, 9.17) is 0 Å². The van der Waals surface area contributed by atoms with Crippen LogP contribution >= 0.6 is 0 Å². The molecule has 0 bridgehead atoms. The molecule has 3 N–H and O–H groups in total. The number of hydrogen-bond acceptors (Lipinski definition) is 5. The number of hydrogen-bond donors (Lipinski definition) is 3. The maximum absolute atomic E-state index is 11.9. The molecule has 0 radical (unpaired) electrons. The van der Waals surface area contributed by atoms with E-state index < -0.39 is 15.6 Å². The maximum Gasteiger partial charge on any atom is 0.224 e. The van der Waals surface area contributed by atoms with Gasteiger partial charge in [0.05, 0.1) is 5.75 Å². The standard InChI is InChI=1S/C18H31N3O4S/c1-5-13-26(24,25)19-14-18(2,23)15-8-10-16(11-9-15)20-17(22)7-6-12-21(3)4/h8-11,19,23H,5-7,12-14H2,1-4H3,(H,20,22). The number of nitrogens with zero attached hydrogens (tertiary/aromatic N) is 1. The second-order valence-electron chi connectivity index (χ2n) is 6.95. The van der Waals surface area contributed by atoms with Crippen LogP contribution in [-0.2, 0) is 20.4 Å². The number of rotatable bonds is 11. The third kappa shape index (κ3) is 8.27. The molecule has 0 spiro atoms. The van der Waals surface area contributed by atoms with Crippen molar-refractivity contribution >= 4 is 21.6 Å². The first kappa shape index (κ1) is 22.6. The highest BCUT2D eigenvalue weighted by molar-refractivity contribution is 7.89. The number of anilines is 1. The summed E-state index contributed by atoms with van der Waals surface area (Å²) in [6.45, 7) is 4.08. The number of carbonyl (C=O) groups is 1. The SMILES string of the molecule is CCCS(=O)(=O)NCC(C)(O)c1ccc(NC(=O)CCCN(C)C)cc1. The monoisotopic (exact) mass is 385 g/mol. The summed E-state index contributed by atoms with van der Waals surface area (Å²) in [7, 11) is 0.544. The number of amides is 1. The number of nitrogens with one attached hydrogen (secondary N) is 2. The van der Waals surface area contributed by atoms with Gasteiger partial charge in [0.15, 0.2) is 0 Å². The van der Waals surface area contributed by atoms with E-state index in [2.05, 4.69) is 10.0 Å². The summed E-state index contributed by atoms with van der Waals surface area (Å²) in [5, 5.41) is 13.4. The molecule has 7 nitrogen and oxygen atoms in total. The molecular formula is C18H31N3O4S. The predicted molar refractivity (Wildman–Crippen MR) is 105 cm³/mol. The molecule has 0 heterocycles. The van der Waals surface area contributed by atoms with Crippen molar-refractivity contribution in [3.63, 3.8) is 0 Å². The summed E-state index contributed by atoms with van der Waals surface area (Å²) in [6.07, 6.45) is 1.74. The summed E-state index contributed by atoms with van der Waals surface area (Å²) in [5.41, 5.74) is -0.122. The first-order valence-corrected chi connectivity index (χ1v) is 10.5. The minimum absolute atomic E-state index is 0.0296. The van der Waals surface area contributed by atoms with Crippen molar-refractivity contribution in [1.29, 1.82) is 0 Å². The molecule has 8 heteroatoms. The van der Waals surface area contributed by atoms with Crippen molar-refractivity contribution in [3.8, 4) is 0 Å². The lowest BCUT2D eigenvalue weighted by Crippen LogP contribution is -2.39. The first-order valence-electron chi connectivity index (χ1n) is 8.80. The van der Waals surface area contributed by atoms with Gasteiger partial charge in [-0.1, -0.05) is 19.1 Å². The zero-order valence-electron chi connectivity index (χ0n) is 16.1. The van der Waals surface area contributed by atoms with Crippen LogP contribution in [-0.4, -0.2) is 57.3 Å². The topological polar surface area (TPSA) is 98.7 Å². The largest absolute Gasteiger partial charge is 0.384 e. The van der Waals surface area contributed by atoms with Crippen LogP contribution in [0.25, 0.3) is 0 Å². The Morgan fingerprint density at radius 1 is 1.23 bits per heavy atom. The normalized spacial score (nSPS) is 14.2. The van der Waals surface area contributed by atoms with Crippen LogP contribution in [0.4, 0.5) is 5.69 Å². The Kier molecular flexibility index (Phi) is 8.69. The lowest BCUT2D eigenvalue weighted by atomic mass is 9.96. The summed E-state index contributed by atoms with van der Waals surface area (Å²) in [5.74, 6) is -0.0271. The van der Waals surface area contributed by atoms with Gasteiger partial charge in [0.2, 0.25) is 15.9 Å². The van der Waals surface area contributed by atoms with Gasteiger partial charge < -0.3 is 15.3 Å². The number of carbonyl (C=O) groups excluding carboxylic acids is 1. The van der Waals surface area contributed by atoms with Crippen LogP contribution < -0.4 is 10.0 Å². The van der Waals surface area contributed by atoms with Crippen molar-refractivity contribution in [3.05, 3.63) is 29.8 Å². The summed E-state index contributed by atoms with van der Waals surface area (Å²) < 4.78 is 25.9. The zero-order valence-corrected chi connectivity index (χ0v) is 16.9. The highest BCUT2D eigenvalue weighted by Gasteiger charge is 2.25. The van der Waals surface area contributed by atoms with E-state index in [0.717, 1.165) is 13.0 Å². The molecule has 0 saturated heterocycles. The highest BCUT2D eigenvalue weighted by Crippen LogP contribution is 2.22. The van der Waals surface area contributed by atoms with Crippen LogP contribution in [0.15, 0.2) is 24.3 Å². The molecule has 1 aromatic carbocycles. The van der Waals surface area contributed by atoms with Gasteiger partial charge in [0, 0.05) is 18.7 Å². The Morgan fingerprint density at radius 3 is 2.38 bits per heavy atom. The lowest BCUT2D eigenvalue weighted by Gasteiger charge is -2.24.